The van der Waals surface area contributed by atoms with Crippen molar-refractivity contribution in [3.05, 3.63) is 53.1 Å². The zero-order chi connectivity index (χ0) is 14.5. The highest BCUT2D eigenvalue weighted by Gasteiger charge is 2.05. The van der Waals surface area contributed by atoms with Gasteiger partial charge < -0.3 is 15.4 Å². The van der Waals surface area contributed by atoms with Gasteiger partial charge in [-0.25, -0.2) is 0 Å². The van der Waals surface area contributed by atoms with Crippen LogP contribution >= 0.6 is 11.6 Å². The van der Waals surface area contributed by atoms with Crippen LogP contribution in [-0.4, -0.2) is 20.6 Å². The third-order valence-electron chi connectivity index (χ3n) is 2.99. The Labute approximate surface area is 124 Å². The van der Waals surface area contributed by atoms with Crippen LogP contribution in [0.1, 0.15) is 5.56 Å². The summed E-state index contributed by atoms with van der Waals surface area (Å²) in [5.41, 5.74) is 7.74. The van der Waals surface area contributed by atoms with Crippen LogP contribution in [0.15, 0.2) is 42.5 Å². The molecule has 2 rings (SSSR count). The number of rotatable bonds is 5. The highest BCUT2D eigenvalue weighted by molar-refractivity contribution is 6.32. The Bertz CT molecular complexity index is 584. The molecule has 0 fully saturated rings. The number of nitrogens with zero attached hydrogens (tertiary/aromatic N) is 1. The van der Waals surface area contributed by atoms with Crippen molar-refractivity contribution in [1.29, 1.82) is 0 Å². The lowest BCUT2D eigenvalue weighted by Gasteiger charge is -2.14. The number of ether oxygens (including phenoxy) is 1. The van der Waals surface area contributed by atoms with E-state index >= 15 is 0 Å². The minimum atomic E-state index is 0.603. The fourth-order valence-corrected chi connectivity index (χ4v) is 2.14. The Balaban J connectivity index is 2.19. The van der Waals surface area contributed by atoms with Gasteiger partial charge in [0.15, 0.2) is 0 Å². The van der Waals surface area contributed by atoms with E-state index in [4.69, 9.17) is 22.1 Å². The van der Waals surface area contributed by atoms with Crippen LogP contribution in [0.25, 0.3) is 0 Å². The summed E-state index contributed by atoms with van der Waals surface area (Å²) in [6, 6.07) is 13.7. The molecular weight excluding hydrogens is 272 g/mol. The SMILES string of the molecule is CN(C)c1cccc(Oc2ccc(CCN)cc2Cl)c1. The fourth-order valence-electron chi connectivity index (χ4n) is 1.90. The van der Waals surface area contributed by atoms with E-state index in [9.17, 15) is 0 Å². The van der Waals surface area contributed by atoms with E-state index in [1.165, 1.54) is 0 Å². The van der Waals surface area contributed by atoms with Gasteiger partial charge in [-0.1, -0.05) is 23.7 Å². The molecule has 0 aliphatic heterocycles. The van der Waals surface area contributed by atoms with Gasteiger partial charge in [0.1, 0.15) is 11.5 Å². The van der Waals surface area contributed by atoms with Crippen LogP contribution in [-0.2, 0) is 6.42 Å². The fraction of sp³-hybridized carbons (Fsp3) is 0.250. The number of hydrogen-bond acceptors (Lipinski definition) is 3. The number of anilines is 1. The summed E-state index contributed by atoms with van der Waals surface area (Å²) < 4.78 is 5.84. The second-order valence-corrected chi connectivity index (χ2v) is 5.20. The van der Waals surface area contributed by atoms with E-state index in [-0.39, 0.29) is 0 Å². The van der Waals surface area contributed by atoms with E-state index in [2.05, 4.69) is 0 Å². The van der Waals surface area contributed by atoms with Crippen LogP contribution < -0.4 is 15.4 Å². The molecule has 0 bridgehead atoms. The maximum Gasteiger partial charge on any atom is 0.146 e. The molecule has 0 unspecified atom stereocenters. The molecule has 20 heavy (non-hydrogen) atoms. The summed E-state index contributed by atoms with van der Waals surface area (Å²) in [6.45, 7) is 0.613. The van der Waals surface area contributed by atoms with E-state index in [0.717, 1.165) is 23.4 Å². The molecule has 0 spiro atoms. The molecule has 0 radical (unpaired) electrons. The van der Waals surface area contributed by atoms with Gasteiger partial charge in [0.2, 0.25) is 0 Å². The van der Waals surface area contributed by atoms with Crippen LogP contribution in [0.5, 0.6) is 11.5 Å². The third-order valence-corrected chi connectivity index (χ3v) is 3.29. The quantitative estimate of drug-likeness (QED) is 0.912. The summed E-state index contributed by atoms with van der Waals surface area (Å²) in [7, 11) is 3.99. The lowest BCUT2D eigenvalue weighted by atomic mass is 10.1. The van der Waals surface area contributed by atoms with Crippen molar-refractivity contribution >= 4 is 17.3 Å². The molecule has 0 atom stereocenters. The zero-order valence-electron chi connectivity index (χ0n) is 11.8. The number of hydrogen-bond donors (Lipinski definition) is 1. The average Bonchev–Trinajstić information content (AvgIpc) is 2.42. The van der Waals surface area contributed by atoms with Crippen molar-refractivity contribution in [2.24, 2.45) is 5.73 Å². The summed E-state index contributed by atoms with van der Waals surface area (Å²) >= 11 is 6.24. The highest BCUT2D eigenvalue weighted by Crippen LogP contribution is 2.31. The molecule has 3 nitrogen and oxygen atoms in total. The van der Waals surface area contributed by atoms with Crippen molar-refractivity contribution in [1.82, 2.24) is 0 Å². The molecule has 0 amide bonds. The normalized spacial score (nSPS) is 10.4. The van der Waals surface area contributed by atoms with Gasteiger partial charge in [0, 0.05) is 25.8 Å². The minimum absolute atomic E-state index is 0.603. The topological polar surface area (TPSA) is 38.5 Å². The largest absolute Gasteiger partial charge is 0.456 e. The monoisotopic (exact) mass is 290 g/mol. The minimum Gasteiger partial charge on any atom is -0.456 e. The zero-order valence-corrected chi connectivity index (χ0v) is 12.5. The molecule has 106 valence electrons. The van der Waals surface area contributed by atoms with E-state index in [1.54, 1.807) is 0 Å². The average molecular weight is 291 g/mol. The lowest BCUT2D eigenvalue weighted by Crippen LogP contribution is -2.08. The van der Waals surface area contributed by atoms with Crippen molar-refractivity contribution in [2.45, 2.75) is 6.42 Å². The molecule has 0 aliphatic carbocycles. The van der Waals surface area contributed by atoms with E-state index in [0.29, 0.717) is 17.3 Å². The van der Waals surface area contributed by atoms with Gasteiger partial charge in [-0.3, -0.25) is 0 Å². The number of nitrogens with two attached hydrogens (primary N) is 1. The van der Waals surface area contributed by atoms with E-state index < -0.39 is 0 Å². The number of halogens is 1. The van der Waals surface area contributed by atoms with Crippen LogP contribution in [0.2, 0.25) is 5.02 Å². The molecule has 2 aromatic carbocycles. The first-order chi connectivity index (χ1) is 9.60. The second-order valence-electron chi connectivity index (χ2n) is 4.80. The smallest absolute Gasteiger partial charge is 0.146 e. The second kappa shape index (κ2) is 6.64. The van der Waals surface area contributed by atoms with Crippen molar-refractivity contribution < 1.29 is 4.74 Å². The van der Waals surface area contributed by atoms with Gasteiger partial charge in [0.05, 0.1) is 5.02 Å². The Kier molecular flexibility index (Phi) is 4.88. The molecule has 0 heterocycles. The maximum absolute atomic E-state index is 6.24. The molecule has 0 saturated heterocycles. The van der Waals surface area contributed by atoms with Crippen LogP contribution in [0.3, 0.4) is 0 Å². The molecule has 2 N–H and O–H groups in total. The highest BCUT2D eigenvalue weighted by atomic mass is 35.5. The Morgan fingerprint density at radius 3 is 2.60 bits per heavy atom. The predicted molar refractivity (Wildman–Crippen MR) is 85.1 cm³/mol. The van der Waals surface area contributed by atoms with Crippen molar-refractivity contribution in [3.63, 3.8) is 0 Å². The molecular formula is C16H19ClN2O. The first-order valence-electron chi connectivity index (χ1n) is 6.54. The standard InChI is InChI=1S/C16H19ClN2O/c1-19(2)13-4-3-5-14(11-13)20-16-7-6-12(8-9-18)10-15(16)17/h3-7,10-11H,8-9,18H2,1-2H3. The van der Waals surface area contributed by atoms with Gasteiger partial charge in [-0.15, -0.1) is 0 Å². The summed E-state index contributed by atoms with van der Waals surface area (Å²) in [5.74, 6) is 1.42. The first-order valence-corrected chi connectivity index (χ1v) is 6.91. The number of benzene rings is 2. The third kappa shape index (κ3) is 3.65. The molecule has 0 aliphatic rings. The molecule has 2 aromatic rings. The first kappa shape index (κ1) is 14.7. The molecule has 4 heteroatoms. The Morgan fingerprint density at radius 1 is 1.15 bits per heavy atom. The summed E-state index contributed by atoms with van der Waals surface area (Å²) in [5, 5.41) is 0.603. The van der Waals surface area contributed by atoms with Gasteiger partial charge in [-0.2, -0.15) is 0 Å². The van der Waals surface area contributed by atoms with Crippen molar-refractivity contribution in [2.75, 3.05) is 25.5 Å². The van der Waals surface area contributed by atoms with Gasteiger partial charge in [0.25, 0.3) is 0 Å². The molecule has 0 saturated carbocycles. The Hall–Kier alpha value is -1.71. The Morgan fingerprint density at radius 2 is 1.95 bits per heavy atom. The summed E-state index contributed by atoms with van der Waals surface area (Å²) in [4.78, 5) is 2.03. The lowest BCUT2D eigenvalue weighted by molar-refractivity contribution is 0.483. The predicted octanol–water partition coefficient (Wildman–Crippen LogP) is 3.70. The van der Waals surface area contributed by atoms with Crippen LogP contribution in [0.4, 0.5) is 5.69 Å². The van der Waals surface area contributed by atoms with Crippen molar-refractivity contribution in [3.8, 4) is 11.5 Å². The van der Waals surface area contributed by atoms with E-state index in [1.807, 2.05) is 61.5 Å². The van der Waals surface area contributed by atoms with Gasteiger partial charge in [-0.05, 0) is 42.8 Å². The van der Waals surface area contributed by atoms with Gasteiger partial charge >= 0.3 is 0 Å². The summed E-state index contributed by atoms with van der Waals surface area (Å²) in [6.07, 6.45) is 0.816. The molecule has 0 aromatic heterocycles. The van der Waals surface area contributed by atoms with Crippen LogP contribution in [0, 0.1) is 0 Å². The maximum atomic E-state index is 6.24.